The van der Waals surface area contributed by atoms with Crippen LogP contribution in [0.2, 0.25) is 0 Å². The Hall–Kier alpha value is -2.31. The molecule has 0 fully saturated rings. The van der Waals surface area contributed by atoms with E-state index in [9.17, 15) is 14.9 Å². The predicted molar refractivity (Wildman–Crippen MR) is 64.7 cm³/mol. The number of benzene rings is 1. The second kappa shape index (κ2) is 5.85. The number of nitro groups is 1. The van der Waals surface area contributed by atoms with E-state index in [2.05, 4.69) is 10.1 Å². The summed E-state index contributed by atoms with van der Waals surface area (Å²) in [5.74, 6) is -0.127. The molecule has 1 rings (SSSR count). The first-order valence-corrected chi connectivity index (χ1v) is 5.16. The standard InChI is InChI=1S/C11H14N2O5/c1-7(11(14)18-3)12-9-5-4-8(17-2)6-10(9)13(15)16/h4-7,12H,1-3H3. The highest BCUT2D eigenvalue weighted by Crippen LogP contribution is 2.29. The highest BCUT2D eigenvalue weighted by molar-refractivity contribution is 5.80. The highest BCUT2D eigenvalue weighted by Gasteiger charge is 2.20. The zero-order valence-corrected chi connectivity index (χ0v) is 10.3. The zero-order chi connectivity index (χ0) is 13.7. The fourth-order valence-corrected chi connectivity index (χ4v) is 1.38. The molecular weight excluding hydrogens is 240 g/mol. The van der Waals surface area contributed by atoms with Gasteiger partial charge in [-0.25, -0.2) is 4.79 Å². The lowest BCUT2D eigenvalue weighted by Crippen LogP contribution is -2.27. The third-order valence-electron chi connectivity index (χ3n) is 2.33. The fraction of sp³-hybridized carbons (Fsp3) is 0.364. The molecular formula is C11H14N2O5. The Bertz CT molecular complexity index is 461. The second-order valence-electron chi connectivity index (χ2n) is 3.53. The van der Waals surface area contributed by atoms with Gasteiger partial charge in [0, 0.05) is 0 Å². The Balaban J connectivity index is 3.01. The number of anilines is 1. The van der Waals surface area contributed by atoms with Crippen LogP contribution in [0.15, 0.2) is 18.2 Å². The smallest absolute Gasteiger partial charge is 0.327 e. The van der Waals surface area contributed by atoms with Crippen molar-refractivity contribution in [3.8, 4) is 5.75 Å². The molecule has 0 aliphatic heterocycles. The number of nitrogens with zero attached hydrogens (tertiary/aromatic N) is 1. The first-order valence-electron chi connectivity index (χ1n) is 5.16. The summed E-state index contributed by atoms with van der Waals surface area (Å²) in [6.07, 6.45) is 0. The second-order valence-corrected chi connectivity index (χ2v) is 3.53. The van der Waals surface area contributed by atoms with E-state index in [1.54, 1.807) is 13.0 Å². The highest BCUT2D eigenvalue weighted by atomic mass is 16.6. The molecule has 0 radical (unpaired) electrons. The minimum Gasteiger partial charge on any atom is -0.496 e. The molecule has 0 aliphatic carbocycles. The van der Waals surface area contributed by atoms with Crippen LogP contribution in [0.25, 0.3) is 0 Å². The van der Waals surface area contributed by atoms with Crippen LogP contribution in [0.5, 0.6) is 5.75 Å². The van der Waals surface area contributed by atoms with Crippen LogP contribution in [0.3, 0.4) is 0 Å². The molecule has 1 aromatic carbocycles. The summed E-state index contributed by atoms with van der Waals surface area (Å²) >= 11 is 0. The number of nitrogens with one attached hydrogen (secondary N) is 1. The fourth-order valence-electron chi connectivity index (χ4n) is 1.38. The SMILES string of the molecule is COC(=O)C(C)Nc1ccc(OC)cc1[N+](=O)[O-]. The van der Waals surface area contributed by atoms with E-state index in [-0.39, 0.29) is 11.4 Å². The molecule has 0 aliphatic rings. The number of rotatable bonds is 5. The maximum absolute atomic E-state index is 11.2. The number of carbonyl (C=O) groups excluding carboxylic acids is 1. The van der Waals surface area contributed by atoms with Crippen molar-refractivity contribution in [2.75, 3.05) is 19.5 Å². The number of hydrogen-bond donors (Lipinski definition) is 1. The maximum atomic E-state index is 11.2. The van der Waals surface area contributed by atoms with Gasteiger partial charge in [-0.1, -0.05) is 0 Å². The number of ether oxygens (including phenoxy) is 2. The summed E-state index contributed by atoms with van der Waals surface area (Å²) in [5, 5.41) is 13.6. The summed E-state index contributed by atoms with van der Waals surface area (Å²) in [4.78, 5) is 21.6. The summed E-state index contributed by atoms with van der Waals surface area (Å²) in [7, 11) is 2.67. The van der Waals surface area contributed by atoms with Crippen molar-refractivity contribution in [2.24, 2.45) is 0 Å². The van der Waals surface area contributed by atoms with E-state index in [1.807, 2.05) is 0 Å². The predicted octanol–water partition coefficient (Wildman–Crippen LogP) is 1.58. The average Bonchev–Trinajstić information content (AvgIpc) is 2.37. The van der Waals surface area contributed by atoms with Crippen LogP contribution in [0.1, 0.15) is 6.92 Å². The third-order valence-corrected chi connectivity index (χ3v) is 2.33. The molecule has 0 heterocycles. The van der Waals surface area contributed by atoms with Gasteiger partial charge in [0.25, 0.3) is 5.69 Å². The van der Waals surface area contributed by atoms with E-state index >= 15 is 0 Å². The van der Waals surface area contributed by atoms with Gasteiger partial charge in [0.2, 0.25) is 0 Å². The molecule has 1 N–H and O–H groups in total. The monoisotopic (exact) mass is 254 g/mol. The van der Waals surface area contributed by atoms with Crippen LogP contribution in [-0.2, 0) is 9.53 Å². The van der Waals surface area contributed by atoms with Gasteiger partial charge in [0.1, 0.15) is 17.5 Å². The lowest BCUT2D eigenvalue weighted by molar-refractivity contribution is -0.384. The molecule has 1 unspecified atom stereocenters. The van der Waals surface area contributed by atoms with Crippen molar-refractivity contribution in [3.63, 3.8) is 0 Å². The zero-order valence-electron chi connectivity index (χ0n) is 10.3. The summed E-state index contributed by atoms with van der Waals surface area (Å²) in [6, 6.07) is 3.66. The van der Waals surface area contributed by atoms with Crippen molar-refractivity contribution < 1.29 is 19.2 Å². The van der Waals surface area contributed by atoms with Crippen LogP contribution >= 0.6 is 0 Å². The summed E-state index contributed by atoms with van der Waals surface area (Å²) in [5.41, 5.74) is 0.0730. The lowest BCUT2D eigenvalue weighted by Gasteiger charge is -2.13. The quantitative estimate of drug-likeness (QED) is 0.487. The molecule has 0 bridgehead atoms. The number of methoxy groups -OCH3 is 2. The number of carbonyl (C=O) groups is 1. The molecule has 0 aromatic heterocycles. The molecule has 0 saturated heterocycles. The van der Waals surface area contributed by atoms with Crippen molar-refractivity contribution in [3.05, 3.63) is 28.3 Å². The van der Waals surface area contributed by atoms with Gasteiger partial charge in [0.05, 0.1) is 25.2 Å². The van der Waals surface area contributed by atoms with Crippen LogP contribution < -0.4 is 10.1 Å². The van der Waals surface area contributed by atoms with Gasteiger partial charge in [-0.2, -0.15) is 0 Å². The molecule has 98 valence electrons. The van der Waals surface area contributed by atoms with Gasteiger partial charge < -0.3 is 14.8 Å². The number of esters is 1. The molecule has 18 heavy (non-hydrogen) atoms. The van der Waals surface area contributed by atoms with E-state index in [4.69, 9.17) is 4.74 Å². The van der Waals surface area contributed by atoms with Crippen molar-refractivity contribution in [1.82, 2.24) is 0 Å². The topological polar surface area (TPSA) is 90.7 Å². The Labute approximate surface area is 104 Å². The van der Waals surface area contributed by atoms with Crippen molar-refractivity contribution in [1.29, 1.82) is 0 Å². The molecule has 0 spiro atoms. The van der Waals surface area contributed by atoms with Gasteiger partial charge in [-0.05, 0) is 19.1 Å². The normalized spacial score (nSPS) is 11.5. The van der Waals surface area contributed by atoms with E-state index in [0.717, 1.165) is 0 Å². The van der Waals surface area contributed by atoms with Crippen molar-refractivity contribution in [2.45, 2.75) is 13.0 Å². The van der Waals surface area contributed by atoms with Gasteiger partial charge in [-0.3, -0.25) is 10.1 Å². The largest absolute Gasteiger partial charge is 0.496 e. The third kappa shape index (κ3) is 3.09. The van der Waals surface area contributed by atoms with Gasteiger partial charge >= 0.3 is 5.97 Å². The Morgan fingerprint density at radius 3 is 2.61 bits per heavy atom. The molecule has 1 aromatic rings. The first-order chi connectivity index (χ1) is 8.49. The minimum atomic E-state index is -0.679. The van der Waals surface area contributed by atoms with E-state index < -0.39 is 16.9 Å². The number of nitro benzene ring substituents is 1. The van der Waals surface area contributed by atoms with E-state index in [1.165, 1.54) is 26.4 Å². The van der Waals surface area contributed by atoms with Crippen LogP contribution in [0, 0.1) is 10.1 Å². The maximum Gasteiger partial charge on any atom is 0.327 e. The number of hydrogen-bond acceptors (Lipinski definition) is 6. The molecule has 1 atom stereocenters. The van der Waals surface area contributed by atoms with Gasteiger partial charge in [0.15, 0.2) is 0 Å². The molecule has 7 nitrogen and oxygen atoms in total. The minimum absolute atomic E-state index is 0.162. The van der Waals surface area contributed by atoms with Crippen molar-refractivity contribution >= 4 is 17.3 Å². The Morgan fingerprint density at radius 2 is 2.11 bits per heavy atom. The van der Waals surface area contributed by atoms with Crippen LogP contribution in [-0.4, -0.2) is 31.2 Å². The molecule has 0 saturated carbocycles. The van der Waals surface area contributed by atoms with Gasteiger partial charge in [-0.15, -0.1) is 0 Å². The summed E-state index contributed by atoms with van der Waals surface area (Å²) < 4.78 is 9.44. The summed E-state index contributed by atoms with van der Waals surface area (Å²) in [6.45, 7) is 1.56. The lowest BCUT2D eigenvalue weighted by atomic mass is 10.2. The van der Waals surface area contributed by atoms with Crippen LogP contribution in [0.4, 0.5) is 11.4 Å². The molecule has 7 heteroatoms. The Kier molecular flexibility index (Phi) is 4.47. The van der Waals surface area contributed by atoms with E-state index in [0.29, 0.717) is 5.75 Å². The first kappa shape index (κ1) is 13.8. The molecule has 0 amide bonds. The Morgan fingerprint density at radius 1 is 1.44 bits per heavy atom. The average molecular weight is 254 g/mol.